The van der Waals surface area contributed by atoms with Gasteiger partial charge in [-0.15, -0.1) is 10.2 Å². The lowest BCUT2D eigenvalue weighted by Gasteiger charge is -2.07. The molecule has 2 heterocycles. The molecule has 4 aromatic rings. The average molecular weight is 460 g/mol. The summed E-state index contributed by atoms with van der Waals surface area (Å²) in [6.07, 6.45) is 0. The molecule has 10 heteroatoms. The Bertz CT molecular complexity index is 1210. The van der Waals surface area contributed by atoms with Gasteiger partial charge in [0.25, 0.3) is 11.8 Å². The Labute approximate surface area is 186 Å². The van der Waals surface area contributed by atoms with E-state index in [9.17, 15) is 4.79 Å². The number of halogens is 2. The van der Waals surface area contributed by atoms with E-state index in [4.69, 9.17) is 41.6 Å². The summed E-state index contributed by atoms with van der Waals surface area (Å²) in [5.74, 6) is 0.552. The minimum Gasteiger partial charge on any atom is -0.480 e. The van der Waals surface area contributed by atoms with E-state index in [2.05, 4.69) is 15.4 Å². The fourth-order valence-corrected chi connectivity index (χ4v) is 3.21. The third kappa shape index (κ3) is 4.87. The van der Waals surface area contributed by atoms with Crippen molar-refractivity contribution in [3.05, 3.63) is 70.2 Å². The van der Waals surface area contributed by atoms with Crippen molar-refractivity contribution in [1.29, 1.82) is 0 Å². The van der Waals surface area contributed by atoms with Crippen LogP contribution >= 0.6 is 23.2 Å². The molecule has 0 aliphatic carbocycles. The van der Waals surface area contributed by atoms with Crippen LogP contribution in [0.3, 0.4) is 0 Å². The number of carbonyl (C=O) groups excluding carboxylic acids is 1. The van der Waals surface area contributed by atoms with Gasteiger partial charge in [-0.2, -0.15) is 0 Å². The lowest BCUT2D eigenvalue weighted by atomic mass is 10.1. The molecule has 0 spiro atoms. The fourth-order valence-electron chi connectivity index (χ4n) is 2.74. The molecule has 0 bridgehead atoms. The molecular weight excluding hydrogens is 445 g/mol. The number of hydrogen-bond donors (Lipinski definition) is 0. The van der Waals surface area contributed by atoms with Crippen molar-refractivity contribution < 1.29 is 23.2 Å². The van der Waals surface area contributed by atoms with Crippen molar-refractivity contribution in [3.8, 4) is 28.5 Å². The van der Waals surface area contributed by atoms with Crippen LogP contribution in [-0.2, 0) is 16.1 Å². The maximum atomic E-state index is 12.0. The molecule has 0 atom stereocenters. The fraction of sp³-hybridized carbons (Fsp3) is 0.143. The van der Waals surface area contributed by atoms with Gasteiger partial charge in [0.05, 0.1) is 5.02 Å². The first-order chi connectivity index (χ1) is 15.0. The third-order valence-electron chi connectivity index (χ3n) is 4.19. The Hall–Kier alpha value is -3.36. The van der Waals surface area contributed by atoms with Crippen molar-refractivity contribution in [1.82, 2.24) is 15.4 Å². The lowest BCUT2D eigenvalue weighted by Crippen LogP contribution is -2.15. The zero-order valence-electron chi connectivity index (χ0n) is 16.2. The van der Waals surface area contributed by atoms with Crippen LogP contribution in [0.2, 0.25) is 10.0 Å². The summed E-state index contributed by atoms with van der Waals surface area (Å²) in [5.41, 5.74) is 2.01. The summed E-state index contributed by atoms with van der Waals surface area (Å²) in [6.45, 7) is 1.19. The third-order valence-corrected chi connectivity index (χ3v) is 4.72. The maximum Gasteiger partial charge on any atom is 0.344 e. The highest BCUT2D eigenvalue weighted by Crippen LogP contribution is 2.33. The second-order valence-corrected chi connectivity index (χ2v) is 7.20. The SMILES string of the molecule is Cc1onc(-c2ccccc2)c1-c1nnc(COC(=O)COc2ccc(Cl)cc2Cl)o1. The van der Waals surface area contributed by atoms with Gasteiger partial charge < -0.3 is 18.4 Å². The molecule has 0 radical (unpaired) electrons. The van der Waals surface area contributed by atoms with Gasteiger partial charge in [0.1, 0.15) is 22.8 Å². The van der Waals surface area contributed by atoms with Crippen molar-refractivity contribution >= 4 is 29.2 Å². The van der Waals surface area contributed by atoms with E-state index in [-0.39, 0.29) is 25.0 Å². The molecule has 4 rings (SSSR count). The monoisotopic (exact) mass is 459 g/mol. The number of esters is 1. The van der Waals surface area contributed by atoms with E-state index < -0.39 is 5.97 Å². The van der Waals surface area contributed by atoms with Gasteiger partial charge in [0.2, 0.25) is 0 Å². The normalized spacial score (nSPS) is 10.8. The second-order valence-electron chi connectivity index (χ2n) is 6.35. The van der Waals surface area contributed by atoms with Gasteiger partial charge >= 0.3 is 5.97 Å². The van der Waals surface area contributed by atoms with Crippen LogP contribution in [0.5, 0.6) is 5.75 Å². The molecule has 0 amide bonds. The summed E-state index contributed by atoms with van der Waals surface area (Å²) < 4.78 is 21.4. The highest BCUT2D eigenvalue weighted by Gasteiger charge is 2.22. The summed E-state index contributed by atoms with van der Waals surface area (Å²) in [5, 5.41) is 12.8. The Morgan fingerprint density at radius 1 is 1.10 bits per heavy atom. The molecule has 31 heavy (non-hydrogen) atoms. The number of aromatic nitrogens is 3. The number of hydrogen-bond acceptors (Lipinski definition) is 8. The number of benzene rings is 2. The summed E-state index contributed by atoms with van der Waals surface area (Å²) in [4.78, 5) is 12.0. The van der Waals surface area contributed by atoms with Crippen LogP contribution in [-0.4, -0.2) is 27.9 Å². The molecule has 0 saturated heterocycles. The predicted octanol–water partition coefficient (Wildman–Crippen LogP) is 5.13. The van der Waals surface area contributed by atoms with E-state index in [1.165, 1.54) is 6.07 Å². The van der Waals surface area contributed by atoms with Gasteiger partial charge in [-0.1, -0.05) is 58.7 Å². The Balaban J connectivity index is 1.39. The van der Waals surface area contributed by atoms with Crippen molar-refractivity contribution in [2.24, 2.45) is 0 Å². The number of carbonyl (C=O) groups is 1. The molecule has 2 aromatic carbocycles. The summed E-state index contributed by atoms with van der Waals surface area (Å²) >= 11 is 11.8. The first kappa shape index (κ1) is 20.9. The molecule has 2 aromatic heterocycles. The first-order valence-corrected chi connectivity index (χ1v) is 9.85. The van der Waals surface area contributed by atoms with Gasteiger partial charge in [-0.05, 0) is 25.1 Å². The van der Waals surface area contributed by atoms with Crippen LogP contribution in [0, 0.1) is 6.92 Å². The van der Waals surface area contributed by atoms with Gasteiger partial charge in [-0.3, -0.25) is 0 Å². The van der Waals surface area contributed by atoms with E-state index in [1.807, 2.05) is 30.3 Å². The molecule has 0 unspecified atom stereocenters. The van der Waals surface area contributed by atoms with Crippen LogP contribution in [0.25, 0.3) is 22.7 Å². The van der Waals surface area contributed by atoms with E-state index in [1.54, 1.807) is 19.1 Å². The highest BCUT2D eigenvalue weighted by molar-refractivity contribution is 6.35. The van der Waals surface area contributed by atoms with E-state index in [0.717, 1.165) is 5.56 Å². The van der Waals surface area contributed by atoms with E-state index >= 15 is 0 Å². The molecule has 0 aliphatic heterocycles. The molecular formula is C21H15Cl2N3O5. The first-order valence-electron chi connectivity index (χ1n) is 9.09. The van der Waals surface area contributed by atoms with Gasteiger partial charge in [-0.25, -0.2) is 4.79 Å². The van der Waals surface area contributed by atoms with Crippen molar-refractivity contribution in [2.75, 3.05) is 6.61 Å². The highest BCUT2D eigenvalue weighted by atomic mass is 35.5. The van der Waals surface area contributed by atoms with Crippen molar-refractivity contribution in [3.63, 3.8) is 0 Å². The van der Waals surface area contributed by atoms with Crippen LogP contribution in [0.15, 0.2) is 57.5 Å². The Kier molecular flexibility index (Phi) is 6.20. The minimum absolute atomic E-state index is 0.118. The quantitative estimate of drug-likeness (QED) is 0.350. The molecule has 158 valence electrons. The minimum atomic E-state index is -0.628. The molecule has 8 nitrogen and oxygen atoms in total. The van der Waals surface area contributed by atoms with Crippen molar-refractivity contribution in [2.45, 2.75) is 13.5 Å². The largest absolute Gasteiger partial charge is 0.480 e. The van der Waals surface area contributed by atoms with Crippen LogP contribution in [0.4, 0.5) is 0 Å². The number of rotatable bonds is 7. The Morgan fingerprint density at radius 3 is 2.68 bits per heavy atom. The molecule has 0 N–H and O–H groups in total. The average Bonchev–Trinajstić information content (AvgIpc) is 3.38. The number of nitrogens with zero attached hydrogens (tertiary/aromatic N) is 3. The topological polar surface area (TPSA) is 100 Å². The molecule has 0 fully saturated rings. The molecule has 0 saturated carbocycles. The van der Waals surface area contributed by atoms with Gasteiger partial charge in [0, 0.05) is 10.6 Å². The second kappa shape index (κ2) is 9.20. The standard InChI is InChI=1S/C21H15Cl2N3O5/c1-12-19(20(26-31-12)13-5-3-2-4-6-13)21-25-24-17(30-21)10-29-18(27)11-28-16-8-7-14(22)9-15(16)23/h2-9H,10-11H2,1H3. The van der Waals surface area contributed by atoms with Gasteiger partial charge in [0.15, 0.2) is 13.2 Å². The number of aryl methyl sites for hydroxylation is 1. The zero-order valence-corrected chi connectivity index (χ0v) is 17.7. The zero-order chi connectivity index (χ0) is 21.8. The molecule has 0 aliphatic rings. The lowest BCUT2D eigenvalue weighted by molar-refractivity contribution is -0.148. The maximum absolute atomic E-state index is 12.0. The van der Waals surface area contributed by atoms with Crippen LogP contribution < -0.4 is 4.74 Å². The van der Waals surface area contributed by atoms with E-state index in [0.29, 0.717) is 32.8 Å². The Morgan fingerprint density at radius 2 is 1.90 bits per heavy atom. The number of ether oxygens (including phenoxy) is 2. The predicted molar refractivity (Wildman–Crippen MR) is 112 cm³/mol. The summed E-state index contributed by atoms with van der Waals surface area (Å²) in [6, 6.07) is 14.2. The van der Waals surface area contributed by atoms with Crippen LogP contribution in [0.1, 0.15) is 11.7 Å². The smallest absolute Gasteiger partial charge is 0.344 e. The summed E-state index contributed by atoms with van der Waals surface area (Å²) in [7, 11) is 0.